The molecule has 1 aliphatic rings. The molecule has 1 atom stereocenters. The van der Waals surface area contributed by atoms with Gasteiger partial charge in [-0.3, -0.25) is 0 Å². The third-order valence-corrected chi connectivity index (χ3v) is 2.38. The van der Waals surface area contributed by atoms with Gasteiger partial charge < -0.3 is 9.84 Å². The van der Waals surface area contributed by atoms with Crippen molar-refractivity contribution < 1.29 is 14.6 Å². The fourth-order valence-corrected chi connectivity index (χ4v) is 1.47. The fourth-order valence-electron chi connectivity index (χ4n) is 1.47. The van der Waals surface area contributed by atoms with Crippen molar-refractivity contribution in [2.24, 2.45) is 10.2 Å². The van der Waals surface area contributed by atoms with Gasteiger partial charge in [-0.15, -0.1) is 5.11 Å². The largest absolute Gasteiger partial charge is 0.506 e. The van der Waals surface area contributed by atoms with Crippen molar-refractivity contribution in [1.29, 1.82) is 0 Å². The van der Waals surface area contributed by atoms with Crippen LogP contribution < -0.4 is 0 Å². The second kappa shape index (κ2) is 4.78. The van der Waals surface area contributed by atoms with Crippen LogP contribution in [0.3, 0.4) is 0 Å². The molecule has 0 saturated carbocycles. The third kappa shape index (κ3) is 2.33. The van der Waals surface area contributed by atoms with E-state index < -0.39 is 12.1 Å². The highest BCUT2D eigenvalue weighted by molar-refractivity contribution is 5.91. The maximum absolute atomic E-state index is 11.4. The number of carbonyl (C=O) groups excluding carboxylic acids is 1. The van der Waals surface area contributed by atoms with Gasteiger partial charge in [-0.05, 0) is 18.6 Å². The van der Waals surface area contributed by atoms with E-state index in [1.807, 2.05) is 25.1 Å². The molecule has 1 aromatic carbocycles. The van der Waals surface area contributed by atoms with Crippen LogP contribution in [0.1, 0.15) is 13.3 Å². The standard InChI is InChI=1S/C12H12N2O3/c1-2-9-11(15)10(12(16)17-9)14-13-8-6-4-3-5-7-8/h3-7,9,15H,2H2,1H3. The summed E-state index contributed by atoms with van der Waals surface area (Å²) >= 11 is 0. The average Bonchev–Trinajstić information content (AvgIpc) is 2.63. The fraction of sp³-hybridized carbons (Fsp3) is 0.250. The smallest absolute Gasteiger partial charge is 0.363 e. The Balaban J connectivity index is 2.21. The first-order chi connectivity index (χ1) is 8.22. The number of azo groups is 1. The zero-order valence-electron chi connectivity index (χ0n) is 9.33. The van der Waals surface area contributed by atoms with Gasteiger partial charge in [0.2, 0.25) is 5.70 Å². The minimum atomic E-state index is -0.631. The molecule has 0 bridgehead atoms. The lowest BCUT2D eigenvalue weighted by atomic mass is 10.2. The predicted molar refractivity (Wildman–Crippen MR) is 60.8 cm³/mol. The van der Waals surface area contributed by atoms with E-state index in [1.165, 1.54) is 0 Å². The topological polar surface area (TPSA) is 71.2 Å². The van der Waals surface area contributed by atoms with E-state index in [-0.39, 0.29) is 11.5 Å². The molecule has 0 spiro atoms. The normalized spacial score (nSPS) is 20.1. The van der Waals surface area contributed by atoms with E-state index in [1.54, 1.807) is 12.1 Å². The van der Waals surface area contributed by atoms with Crippen molar-refractivity contribution in [3.63, 3.8) is 0 Å². The van der Waals surface area contributed by atoms with Crippen LogP contribution in [0.15, 0.2) is 52.0 Å². The van der Waals surface area contributed by atoms with Crippen molar-refractivity contribution in [1.82, 2.24) is 0 Å². The lowest BCUT2D eigenvalue weighted by molar-refractivity contribution is -0.140. The van der Waals surface area contributed by atoms with E-state index in [0.29, 0.717) is 12.1 Å². The Kier molecular flexibility index (Phi) is 3.18. The predicted octanol–water partition coefficient (Wildman–Crippen LogP) is 2.88. The van der Waals surface area contributed by atoms with Crippen LogP contribution in [-0.4, -0.2) is 17.2 Å². The highest BCUT2D eigenvalue weighted by Crippen LogP contribution is 2.25. The molecule has 0 aromatic heterocycles. The zero-order valence-corrected chi connectivity index (χ0v) is 9.33. The molecule has 17 heavy (non-hydrogen) atoms. The zero-order chi connectivity index (χ0) is 12.3. The molecule has 1 heterocycles. The van der Waals surface area contributed by atoms with Crippen LogP contribution in [-0.2, 0) is 9.53 Å². The molecule has 5 heteroatoms. The van der Waals surface area contributed by atoms with E-state index in [2.05, 4.69) is 10.2 Å². The summed E-state index contributed by atoms with van der Waals surface area (Å²) in [5.74, 6) is -0.772. The Morgan fingerprint density at radius 2 is 2.00 bits per heavy atom. The first kappa shape index (κ1) is 11.3. The summed E-state index contributed by atoms with van der Waals surface area (Å²) in [6.07, 6.45) is -0.0747. The molecule has 1 aliphatic heterocycles. The minimum absolute atomic E-state index is 0.110. The Hall–Kier alpha value is -2.17. The number of benzene rings is 1. The summed E-state index contributed by atoms with van der Waals surface area (Å²) in [7, 11) is 0. The molecule has 1 unspecified atom stereocenters. The van der Waals surface area contributed by atoms with Crippen molar-refractivity contribution >= 4 is 11.7 Å². The summed E-state index contributed by atoms with van der Waals surface area (Å²) in [5.41, 5.74) is 0.501. The Morgan fingerprint density at radius 1 is 1.29 bits per heavy atom. The van der Waals surface area contributed by atoms with Crippen LogP contribution >= 0.6 is 0 Å². The molecular formula is C12H12N2O3. The second-order valence-corrected chi connectivity index (χ2v) is 3.57. The number of esters is 1. The van der Waals surface area contributed by atoms with Crippen LogP contribution in [0.4, 0.5) is 5.69 Å². The summed E-state index contributed by atoms with van der Waals surface area (Å²) < 4.78 is 4.91. The van der Waals surface area contributed by atoms with Gasteiger partial charge in [0, 0.05) is 0 Å². The number of cyclic esters (lactones) is 1. The van der Waals surface area contributed by atoms with Crippen LogP contribution in [0.2, 0.25) is 0 Å². The summed E-state index contributed by atoms with van der Waals surface area (Å²) in [6.45, 7) is 1.81. The molecule has 2 rings (SSSR count). The van der Waals surface area contributed by atoms with E-state index in [0.717, 1.165) is 0 Å². The number of aliphatic hydroxyl groups excluding tert-OH is 1. The maximum Gasteiger partial charge on any atom is 0.363 e. The maximum atomic E-state index is 11.4. The SMILES string of the molecule is CCC1OC(=O)C(N=Nc2ccccc2)=C1O. The van der Waals surface area contributed by atoms with E-state index in [9.17, 15) is 9.90 Å². The van der Waals surface area contributed by atoms with Crippen LogP contribution in [0.5, 0.6) is 0 Å². The number of nitrogens with zero attached hydrogens (tertiary/aromatic N) is 2. The van der Waals surface area contributed by atoms with Gasteiger partial charge in [0.1, 0.15) is 0 Å². The van der Waals surface area contributed by atoms with E-state index in [4.69, 9.17) is 4.74 Å². The van der Waals surface area contributed by atoms with Crippen molar-refractivity contribution in [2.45, 2.75) is 19.4 Å². The summed E-state index contributed by atoms with van der Waals surface area (Å²) in [5, 5.41) is 17.3. The molecule has 0 radical (unpaired) electrons. The number of rotatable bonds is 3. The molecule has 5 nitrogen and oxygen atoms in total. The number of carbonyl (C=O) groups is 1. The molecule has 1 N–H and O–H groups in total. The molecular weight excluding hydrogens is 220 g/mol. The first-order valence-corrected chi connectivity index (χ1v) is 5.33. The number of hydrogen-bond donors (Lipinski definition) is 1. The first-order valence-electron chi connectivity index (χ1n) is 5.33. The van der Waals surface area contributed by atoms with Crippen molar-refractivity contribution in [3.05, 3.63) is 41.8 Å². The molecule has 0 amide bonds. The minimum Gasteiger partial charge on any atom is -0.506 e. The highest BCUT2D eigenvalue weighted by Gasteiger charge is 2.33. The number of aliphatic hydroxyl groups is 1. The average molecular weight is 232 g/mol. The monoisotopic (exact) mass is 232 g/mol. The summed E-state index contributed by atoms with van der Waals surface area (Å²) in [6, 6.07) is 8.97. The van der Waals surface area contributed by atoms with Gasteiger partial charge >= 0.3 is 5.97 Å². The van der Waals surface area contributed by atoms with Gasteiger partial charge in [0.05, 0.1) is 5.69 Å². The van der Waals surface area contributed by atoms with Gasteiger partial charge in [0.15, 0.2) is 11.9 Å². The molecule has 0 fully saturated rings. The third-order valence-electron chi connectivity index (χ3n) is 2.38. The lowest BCUT2D eigenvalue weighted by Gasteiger charge is -2.04. The second-order valence-electron chi connectivity index (χ2n) is 3.57. The number of hydrogen-bond acceptors (Lipinski definition) is 5. The Labute approximate surface area is 98.4 Å². The lowest BCUT2D eigenvalue weighted by Crippen LogP contribution is -2.09. The van der Waals surface area contributed by atoms with Crippen molar-refractivity contribution in [2.75, 3.05) is 0 Å². The van der Waals surface area contributed by atoms with Gasteiger partial charge in [-0.25, -0.2) is 4.79 Å². The highest BCUT2D eigenvalue weighted by atomic mass is 16.6. The molecule has 1 aromatic rings. The number of ether oxygens (including phenoxy) is 1. The molecule has 88 valence electrons. The van der Waals surface area contributed by atoms with Crippen LogP contribution in [0, 0.1) is 0 Å². The van der Waals surface area contributed by atoms with Gasteiger partial charge in [-0.2, -0.15) is 5.11 Å². The van der Waals surface area contributed by atoms with E-state index >= 15 is 0 Å². The molecule has 0 saturated heterocycles. The molecule has 0 aliphatic carbocycles. The van der Waals surface area contributed by atoms with Gasteiger partial charge in [0.25, 0.3) is 0 Å². The van der Waals surface area contributed by atoms with Crippen molar-refractivity contribution in [3.8, 4) is 0 Å². The van der Waals surface area contributed by atoms with Crippen LogP contribution in [0.25, 0.3) is 0 Å². The Bertz CT molecular complexity index is 480. The Morgan fingerprint density at radius 3 is 2.59 bits per heavy atom. The quantitative estimate of drug-likeness (QED) is 0.643. The summed E-state index contributed by atoms with van der Waals surface area (Å²) in [4.78, 5) is 11.4. The van der Waals surface area contributed by atoms with Gasteiger partial charge in [-0.1, -0.05) is 25.1 Å².